The van der Waals surface area contributed by atoms with Gasteiger partial charge in [-0.15, -0.1) is 0 Å². The Morgan fingerprint density at radius 1 is 1.06 bits per heavy atom. The molecule has 0 aromatic carbocycles. The summed E-state index contributed by atoms with van der Waals surface area (Å²) in [5, 5.41) is 0. The Morgan fingerprint density at radius 3 is 2.50 bits per heavy atom. The molecule has 0 aliphatic carbocycles. The molecule has 2 aromatic rings. The van der Waals surface area contributed by atoms with Crippen LogP contribution < -0.4 is 0 Å². The molecule has 2 aromatic heterocycles. The smallest absolute Gasteiger partial charge is 0.0482 e. The van der Waals surface area contributed by atoms with Gasteiger partial charge in [0.15, 0.2) is 0 Å². The highest BCUT2D eigenvalue weighted by Crippen LogP contribution is 2.12. The first-order chi connectivity index (χ1) is 7.77. The topological polar surface area (TPSA) is 7.65 Å². The minimum absolute atomic E-state index is 1.11. The normalized spacial score (nSPS) is 10.3. The maximum atomic E-state index is 2.21. The van der Waals surface area contributed by atoms with Crippen LogP contribution >= 0.6 is 0 Å². The van der Waals surface area contributed by atoms with E-state index in [-0.39, 0.29) is 0 Å². The zero-order valence-corrected chi connectivity index (χ0v) is 10.8. The van der Waals surface area contributed by atoms with Gasteiger partial charge in [-0.1, -0.05) is 19.9 Å². The second kappa shape index (κ2) is 6.33. The first kappa shape index (κ1) is 12.8. The van der Waals surface area contributed by atoms with Crippen molar-refractivity contribution in [2.75, 3.05) is 20.6 Å². The van der Waals surface area contributed by atoms with E-state index in [9.17, 15) is 0 Å². The summed E-state index contributed by atoms with van der Waals surface area (Å²) in [6, 6.07) is 8.53. The molecule has 0 aliphatic heterocycles. The lowest BCUT2D eigenvalue weighted by molar-refractivity contribution is 0.414. The molecule has 16 heavy (non-hydrogen) atoms. The molecule has 0 spiro atoms. The average Bonchev–Trinajstić information content (AvgIpc) is 2.72. The van der Waals surface area contributed by atoms with Crippen LogP contribution in [0.5, 0.6) is 0 Å². The van der Waals surface area contributed by atoms with Crippen LogP contribution in [0.1, 0.15) is 19.4 Å². The highest BCUT2D eigenvalue weighted by Gasteiger charge is 2.01. The van der Waals surface area contributed by atoms with Crippen LogP contribution in [-0.2, 0) is 6.42 Å². The number of hydrogen-bond donors (Lipinski definition) is 0. The molecule has 0 amide bonds. The summed E-state index contributed by atoms with van der Waals surface area (Å²) >= 11 is 0. The number of fused-ring (bicyclic) bond motifs is 1. The van der Waals surface area contributed by atoms with Crippen molar-refractivity contribution in [2.45, 2.75) is 20.3 Å². The molecule has 0 atom stereocenters. The van der Waals surface area contributed by atoms with Crippen molar-refractivity contribution in [2.24, 2.45) is 0 Å². The number of likely N-dealkylation sites (N-methyl/N-ethyl adjacent to an activating group) is 1. The van der Waals surface area contributed by atoms with Crippen molar-refractivity contribution in [3.05, 3.63) is 42.2 Å². The van der Waals surface area contributed by atoms with Gasteiger partial charge in [-0.3, -0.25) is 0 Å². The van der Waals surface area contributed by atoms with E-state index in [1.54, 1.807) is 0 Å². The SMILES string of the molecule is CC.CN(C)CCc1ccn2ccccc12. The summed E-state index contributed by atoms with van der Waals surface area (Å²) in [5.74, 6) is 0. The van der Waals surface area contributed by atoms with E-state index in [4.69, 9.17) is 0 Å². The fourth-order valence-corrected chi connectivity index (χ4v) is 1.67. The average molecular weight is 218 g/mol. The Hall–Kier alpha value is -1.28. The predicted octanol–water partition coefficient (Wildman–Crippen LogP) is 3.07. The van der Waals surface area contributed by atoms with Crippen molar-refractivity contribution in [3.63, 3.8) is 0 Å². The van der Waals surface area contributed by atoms with Gasteiger partial charge in [0.1, 0.15) is 0 Å². The Labute approximate surface area is 98.5 Å². The molecule has 88 valence electrons. The third kappa shape index (κ3) is 3.11. The van der Waals surface area contributed by atoms with Crippen LogP contribution in [0.2, 0.25) is 0 Å². The molecule has 2 nitrogen and oxygen atoms in total. The molecular formula is C14H22N2. The van der Waals surface area contributed by atoms with Crippen LogP contribution in [0.15, 0.2) is 36.7 Å². The lowest BCUT2D eigenvalue weighted by Crippen LogP contribution is -2.14. The van der Waals surface area contributed by atoms with E-state index in [1.807, 2.05) is 13.8 Å². The van der Waals surface area contributed by atoms with E-state index in [0.717, 1.165) is 13.0 Å². The van der Waals surface area contributed by atoms with Crippen molar-refractivity contribution in [1.82, 2.24) is 9.30 Å². The Morgan fingerprint density at radius 2 is 1.81 bits per heavy atom. The minimum atomic E-state index is 1.11. The first-order valence-electron chi connectivity index (χ1n) is 5.96. The Bertz CT molecular complexity index is 415. The quantitative estimate of drug-likeness (QED) is 0.768. The third-order valence-electron chi connectivity index (χ3n) is 2.48. The largest absolute Gasteiger partial charge is 0.324 e. The maximum Gasteiger partial charge on any atom is 0.0482 e. The summed E-state index contributed by atoms with van der Waals surface area (Å²) in [6.45, 7) is 5.11. The highest BCUT2D eigenvalue weighted by atomic mass is 15.0. The molecule has 0 radical (unpaired) electrons. The van der Waals surface area contributed by atoms with Crippen molar-refractivity contribution >= 4 is 5.52 Å². The van der Waals surface area contributed by atoms with Crippen molar-refractivity contribution in [3.8, 4) is 0 Å². The molecule has 0 fully saturated rings. The summed E-state index contributed by atoms with van der Waals surface area (Å²) in [4.78, 5) is 2.21. The van der Waals surface area contributed by atoms with Gasteiger partial charge >= 0.3 is 0 Å². The molecule has 2 heterocycles. The molecule has 0 saturated carbocycles. The van der Waals surface area contributed by atoms with E-state index >= 15 is 0 Å². The lowest BCUT2D eigenvalue weighted by Gasteiger charge is -2.08. The number of nitrogens with zero attached hydrogens (tertiary/aromatic N) is 2. The van der Waals surface area contributed by atoms with Gasteiger partial charge in [-0.2, -0.15) is 0 Å². The van der Waals surface area contributed by atoms with Gasteiger partial charge in [0.05, 0.1) is 0 Å². The van der Waals surface area contributed by atoms with Gasteiger partial charge < -0.3 is 9.30 Å². The van der Waals surface area contributed by atoms with Crippen LogP contribution in [-0.4, -0.2) is 29.9 Å². The Kier molecular flexibility index (Phi) is 5.06. The van der Waals surface area contributed by atoms with Gasteiger partial charge in [-0.05, 0) is 44.3 Å². The lowest BCUT2D eigenvalue weighted by atomic mass is 10.2. The van der Waals surface area contributed by atoms with E-state index < -0.39 is 0 Å². The third-order valence-corrected chi connectivity index (χ3v) is 2.48. The standard InChI is InChI=1S/C12H16N2.C2H6/c1-13(2)9-6-11-7-10-14-8-4-3-5-12(11)14;1-2/h3-5,7-8,10H,6,9H2,1-2H3;1-2H3. The molecule has 0 saturated heterocycles. The van der Waals surface area contributed by atoms with Gasteiger partial charge in [0.2, 0.25) is 0 Å². The summed E-state index contributed by atoms with van der Waals surface area (Å²) in [6.07, 6.45) is 5.34. The maximum absolute atomic E-state index is 2.21. The van der Waals surface area contributed by atoms with E-state index in [1.165, 1.54) is 11.1 Å². The summed E-state index contributed by atoms with van der Waals surface area (Å²) < 4.78 is 2.17. The van der Waals surface area contributed by atoms with Crippen LogP contribution in [0, 0.1) is 0 Å². The number of aromatic nitrogens is 1. The fraction of sp³-hybridized carbons (Fsp3) is 0.429. The summed E-state index contributed by atoms with van der Waals surface area (Å²) in [5.41, 5.74) is 2.76. The molecule has 0 N–H and O–H groups in total. The van der Waals surface area contributed by atoms with E-state index in [2.05, 4.69) is 60.1 Å². The van der Waals surface area contributed by atoms with Crippen LogP contribution in [0.25, 0.3) is 5.52 Å². The molecule has 2 rings (SSSR count). The molecule has 0 unspecified atom stereocenters. The number of hydrogen-bond acceptors (Lipinski definition) is 1. The van der Waals surface area contributed by atoms with Crippen LogP contribution in [0.4, 0.5) is 0 Å². The second-order valence-electron chi connectivity index (χ2n) is 3.89. The summed E-state index contributed by atoms with van der Waals surface area (Å²) in [7, 11) is 4.22. The molecule has 0 bridgehead atoms. The molecule has 0 aliphatic rings. The fourth-order valence-electron chi connectivity index (χ4n) is 1.67. The van der Waals surface area contributed by atoms with Gasteiger partial charge in [0.25, 0.3) is 0 Å². The molecular weight excluding hydrogens is 196 g/mol. The number of rotatable bonds is 3. The predicted molar refractivity (Wildman–Crippen MR) is 71.0 cm³/mol. The van der Waals surface area contributed by atoms with E-state index in [0.29, 0.717) is 0 Å². The van der Waals surface area contributed by atoms with Gasteiger partial charge in [-0.25, -0.2) is 0 Å². The zero-order chi connectivity index (χ0) is 12.0. The minimum Gasteiger partial charge on any atom is -0.324 e. The Balaban J connectivity index is 0.000000606. The van der Waals surface area contributed by atoms with Crippen LogP contribution in [0.3, 0.4) is 0 Å². The number of pyridine rings is 1. The van der Waals surface area contributed by atoms with Crippen molar-refractivity contribution < 1.29 is 0 Å². The molecule has 2 heteroatoms. The van der Waals surface area contributed by atoms with Gasteiger partial charge in [0, 0.05) is 24.5 Å². The highest BCUT2D eigenvalue weighted by molar-refractivity contribution is 5.55. The monoisotopic (exact) mass is 218 g/mol. The van der Waals surface area contributed by atoms with Crippen molar-refractivity contribution in [1.29, 1.82) is 0 Å². The zero-order valence-electron chi connectivity index (χ0n) is 10.8. The first-order valence-corrected chi connectivity index (χ1v) is 5.96. The second-order valence-corrected chi connectivity index (χ2v) is 3.89.